The maximum absolute atomic E-state index is 5.59. The summed E-state index contributed by atoms with van der Waals surface area (Å²) in [7, 11) is 0. The molecule has 0 atom stereocenters. The number of rotatable bonds is 4. The molecule has 0 amide bonds. The van der Waals surface area contributed by atoms with E-state index in [1.165, 1.54) is 0 Å². The van der Waals surface area contributed by atoms with Crippen LogP contribution in [-0.2, 0) is 6.61 Å². The summed E-state index contributed by atoms with van der Waals surface area (Å²) in [6, 6.07) is 15.3. The molecule has 1 aromatic heterocycles. The molecule has 0 N–H and O–H groups in total. The van der Waals surface area contributed by atoms with Gasteiger partial charge in [0.1, 0.15) is 5.75 Å². The van der Waals surface area contributed by atoms with E-state index in [9.17, 15) is 0 Å². The van der Waals surface area contributed by atoms with E-state index in [1.807, 2.05) is 48.5 Å². The molecule has 0 fully saturated rings. The molecule has 0 radical (unpaired) electrons. The van der Waals surface area contributed by atoms with Gasteiger partial charge in [0, 0.05) is 14.5 Å². The summed E-state index contributed by atoms with van der Waals surface area (Å²) >= 11 is 6.76. The van der Waals surface area contributed by atoms with E-state index in [0.29, 0.717) is 11.8 Å². The van der Waals surface area contributed by atoms with Crippen LogP contribution in [0.4, 0.5) is 0 Å². The number of ether oxygens (including phenoxy) is 1. The van der Waals surface area contributed by atoms with Gasteiger partial charge in [-0.05, 0) is 48.5 Å². The minimum atomic E-state index is 0.241. The summed E-state index contributed by atoms with van der Waals surface area (Å²) in [6.45, 7) is 0.241. The molecule has 21 heavy (non-hydrogen) atoms. The lowest BCUT2D eigenvalue weighted by molar-refractivity contribution is 0.264. The van der Waals surface area contributed by atoms with E-state index < -0.39 is 0 Å². The van der Waals surface area contributed by atoms with Crippen LogP contribution in [0.2, 0.25) is 0 Å². The molecule has 0 aliphatic carbocycles. The zero-order chi connectivity index (χ0) is 14.7. The van der Waals surface area contributed by atoms with Gasteiger partial charge in [0.15, 0.2) is 6.61 Å². The Morgan fingerprint density at radius 1 is 0.857 bits per heavy atom. The first-order valence-electron chi connectivity index (χ1n) is 6.17. The second-order valence-electron chi connectivity index (χ2n) is 4.25. The van der Waals surface area contributed by atoms with Crippen LogP contribution in [0.25, 0.3) is 11.5 Å². The summed E-state index contributed by atoms with van der Waals surface area (Å²) < 4.78 is 13.2. The van der Waals surface area contributed by atoms with Gasteiger partial charge in [-0.25, -0.2) is 0 Å². The van der Waals surface area contributed by atoms with Crippen LogP contribution in [0, 0.1) is 0 Å². The van der Waals surface area contributed by atoms with Gasteiger partial charge in [-0.3, -0.25) is 0 Å². The van der Waals surface area contributed by atoms with Gasteiger partial charge >= 0.3 is 0 Å². The van der Waals surface area contributed by atoms with Gasteiger partial charge in [0.2, 0.25) is 5.89 Å². The van der Waals surface area contributed by atoms with Gasteiger partial charge in [-0.2, -0.15) is 0 Å². The topological polar surface area (TPSA) is 48.2 Å². The number of hydrogen-bond acceptors (Lipinski definition) is 4. The van der Waals surface area contributed by atoms with Crippen molar-refractivity contribution in [1.29, 1.82) is 0 Å². The van der Waals surface area contributed by atoms with Gasteiger partial charge in [-0.1, -0.05) is 31.9 Å². The van der Waals surface area contributed by atoms with Crippen LogP contribution >= 0.6 is 31.9 Å². The molecular formula is C15H10Br2N2O2. The van der Waals surface area contributed by atoms with Gasteiger partial charge in [-0.15, -0.1) is 10.2 Å². The van der Waals surface area contributed by atoms with Crippen LogP contribution in [0.3, 0.4) is 0 Å². The Hall–Kier alpha value is -1.66. The first-order chi connectivity index (χ1) is 10.2. The molecule has 0 saturated carbocycles. The van der Waals surface area contributed by atoms with Crippen molar-refractivity contribution in [2.24, 2.45) is 0 Å². The maximum atomic E-state index is 5.59. The second-order valence-corrected chi connectivity index (χ2v) is 6.08. The monoisotopic (exact) mass is 408 g/mol. The third kappa shape index (κ3) is 3.71. The molecular weight excluding hydrogens is 400 g/mol. The average molecular weight is 410 g/mol. The standard InChI is InChI=1S/C15H10Br2N2O2/c16-11-3-1-10(2-4-11)15-19-18-14(21-15)9-20-13-7-5-12(17)6-8-13/h1-8H,9H2. The van der Waals surface area contributed by atoms with E-state index in [4.69, 9.17) is 9.15 Å². The molecule has 0 spiro atoms. The van der Waals surface area contributed by atoms with E-state index in [0.717, 1.165) is 20.3 Å². The molecule has 106 valence electrons. The quantitative estimate of drug-likeness (QED) is 0.618. The van der Waals surface area contributed by atoms with Crippen molar-refractivity contribution in [3.63, 3.8) is 0 Å². The van der Waals surface area contributed by atoms with E-state index in [-0.39, 0.29) is 6.61 Å². The third-order valence-electron chi connectivity index (χ3n) is 2.73. The molecule has 0 unspecified atom stereocenters. The third-order valence-corrected chi connectivity index (χ3v) is 3.79. The van der Waals surface area contributed by atoms with Crippen molar-refractivity contribution < 1.29 is 9.15 Å². The molecule has 0 saturated heterocycles. The number of halogens is 2. The Bertz CT molecular complexity index is 724. The maximum Gasteiger partial charge on any atom is 0.254 e. The Morgan fingerprint density at radius 3 is 2.14 bits per heavy atom. The zero-order valence-corrected chi connectivity index (χ0v) is 14.0. The van der Waals surface area contributed by atoms with Gasteiger partial charge in [0.25, 0.3) is 5.89 Å². The summed E-state index contributed by atoms with van der Waals surface area (Å²) in [5.74, 6) is 1.68. The lowest BCUT2D eigenvalue weighted by atomic mass is 10.2. The predicted octanol–water partition coefficient (Wildman–Crippen LogP) is 4.84. The van der Waals surface area contributed by atoms with E-state index in [1.54, 1.807) is 0 Å². The molecule has 2 aromatic carbocycles. The highest BCUT2D eigenvalue weighted by Crippen LogP contribution is 2.21. The van der Waals surface area contributed by atoms with Gasteiger partial charge < -0.3 is 9.15 Å². The lowest BCUT2D eigenvalue weighted by Gasteiger charge is -2.02. The zero-order valence-electron chi connectivity index (χ0n) is 10.8. The first kappa shape index (κ1) is 14.3. The summed E-state index contributed by atoms with van der Waals surface area (Å²) in [6.07, 6.45) is 0. The number of aromatic nitrogens is 2. The van der Waals surface area contributed by atoms with E-state index in [2.05, 4.69) is 42.1 Å². The SMILES string of the molecule is Brc1ccc(OCc2nnc(-c3ccc(Br)cc3)o2)cc1. The highest BCUT2D eigenvalue weighted by atomic mass is 79.9. The highest BCUT2D eigenvalue weighted by molar-refractivity contribution is 9.10. The minimum absolute atomic E-state index is 0.241. The Kier molecular flexibility index (Phi) is 4.36. The molecule has 1 heterocycles. The minimum Gasteiger partial charge on any atom is -0.484 e. The van der Waals surface area contributed by atoms with Crippen molar-refractivity contribution in [3.05, 3.63) is 63.4 Å². The predicted molar refractivity (Wildman–Crippen MR) is 85.9 cm³/mol. The molecule has 3 aromatic rings. The fourth-order valence-corrected chi connectivity index (χ4v) is 2.23. The Labute approximate surface area is 138 Å². The molecule has 4 nitrogen and oxygen atoms in total. The largest absolute Gasteiger partial charge is 0.484 e. The molecule has 3 rings (SSSR count). The first-order valence-corrected chi connectivity index (χ1v) is 7.76. The summed E-state index contributed by atoms with van der Waals surface area (Å²) in [5.41, 5.74) is 0.876. The number of nitrogens with zero attached hydrogens (tertiary/aromatic N) is 2. The fourth-order valence-electron chi connectivity index (χ4n) is 1.70. The highest BCUT2D eigenvalue weighted by Gasteiger charge is 2.09. The van der Waals surface area contributed by atoms with E-state index >= 15 is 0 Å². The normalized spacial score (nSPS) is 10.6. The van der Waals surface area contributed by atoms with Crippen molar-refractivity contribution in [3.8, 4) is 17.2 Å². The fraction of sp³-hybridized carbons (Fsp3) is 0.0667. The van der Waals surface area contributed by atoms with Crippen LogP contribution in [-0.4, -0.2) is 10.2 Å². The Balaban J connectivity index is 1.67. The average Bonchev–Trinajstić information content (AvgIpc) is 2.96. The second kappa shape index (κ2) is 6.41. The van der Waals surface area contributed by atoms with Crippen LogP contribution < -0.4 is 4.74 Å². The molecule has 0 bridgehead atoms. The summed E-state index contributed by atoms with van der Waals surface area (Å²) in [4.78, 5) is 0. The van der Waals surface area contributed by atoms with Crippen molar-refractivity contribution >= 4 is 31.9 Å². The smallest absolute Gasteiger partial charge is 0.254 e. The molecule has 6 heteroatoms. The van der Waals surface area contributed by atoms with Crippen LogP contribution in [0.15, 0.2) is 61.9 Å². The van der Waals surface area contributed by atoms with Crippen molar-refractivity contribution in [2.45, 2.75) is 6.61 Å². The number of benzene rings is 2. The number of hydrogen-bond donors (Lipinski definition) is 0. The molecule has 0 aliphatic heterocycles. The lowest BCUT2D eigenvalue weighted by Crippen LogP contribution is -1.95. The van der Waals surface area contributed by atoms with Crippen molar-refractivity contribution in [1.82, 2.24) is 10.2 Å². The molecule has 0 aliphatic rings. The Morgan fingerprint density at radius 2 is 1.48 bits per heavy atom. The van der Waals surface area contributed by atoms with Gasteiger partial charge in [0.05, 0.1) is 0 Å². The van der Waals surface area contributed by atoms with Crippen LogP contribution in [0.5, 0.6) is 5.75 Å². The van der Waals surface area contributed by atoms with Crippen molar-refractivity contribution in [2.75, 3.05) is 0 Å². The summed E-state index contributed by atoms with van der Waals surface area (Å²) in [5, 5.41) is 8.01. The van der Waals surface area contributed by atoms with Crippen LogP contribution in [0.1, 0.15) is 5.89 Å².